The van der Waals surface area contributed by atoms with E-state index in [1.165, 1.54) is 19.2 Å². The van der Waals surface area contributed by atoms with Gasteiger partial charge in [0, 0.05) is 11.6 Å². The first kappa shape index (κ1) is 26.4. The second-order valence-electron chi connectivity index (χ2n) is 7.66. The smallest absolute Gasteiger partial charge is 0.264 e. The summed E-state index contributed by atoms with van der Waals surface area (Å²) < 4.78 is 38.7. The minimum absolute atomic E-state index is 0.0496. The summed E-state index contributed by atoms with van der Waals surface area (Å²) in [4.78, 5) is 12.8. The molecule has 0 aliphatic heterocycles. The Kier molecular flexibility index (Phi) is 9.39. The Labute approximate surface area is 211 Å². The Hall–Kier alpha value is -3.23. The summed E-state index contributed by atoms with van der Waals surface area (Å²) in [5, 5.41) is 3.29. The van der Waals surface area contributed by atoms with Crippen LogP contribution in [0.15, 0.2) is 77.7 Å². The molecular formula is C26H29ClN2O5S. The van der Waals surface area contributed by atoms with E-state index in [4.69, 9.17) is 21.1 Å². The highest BCUT2D eigenvalue weighted by Gasteiger charge is 2.27. The highest BCUT2D eigenvalue weighted by molar-refractivity contribution is 7.92. The van der Waals surface area contributed by atoms with Crippen LogP contribution in [0.1, 0.15) is 18.9 Å². The third-order valence-corrected chi connectivity index (χ3v) is 7.31. The fraction of sp³-hybridized carbons (Fsp3) is 0.269. The number of anilines is 1. The largest absolute Gasteiger partial charge is 0.497 e. The molecule has 7 nitrogen and oxygen atoms in total. The number of benzene rings is 3. The molecule has 3 rings (SSSR count). The zero-order valence-electron chi connectivity index (χ0n) is 19.7. The van der Waals surface area contributed by atoms with Crippen LogP contribution in [0.25, 0.3) is 0 Å². The molecule has 0 aliphatic rings. The molecule has 186 valence electrons. The number of sulfonamides is 1. The highest BCUT2D eigenvalue weighted by Crippen LogP contribution is 2.26. The van der Waals surface area contributed by atoms with Crippen LogP contribution >= 0.6 is 11.6 Å². The molecule has 3 aromatic carbocycles. The molecule has 0 aromatic heterocycles. The average Bonchev–Trinajstić information content (AvgIpc) is 2.87. The number of methoxy groups -OCH3 is 1. The van der Waals surface area contributed by atoms with E-state index in [0.29, 0.717) is 36.0 Å². The van der Waals surface area contributed by atoms with Crippen molar-refractivity contribution in [3.8, 4) is 11.5 Å². The van der Waals surface area contributed by atoms with Crippen molar-refractivity contribution < 1.29 is 22.7 Å². The van der Waals surface area contributed by atoms with Gasteiger partial charge < -0.3 is 14.8 Å². The molecule has 0 saturated carbocycles. The van der Waals surface area contributed by atoms with Crippen molar-refractivity contribution >= 4 is 33.2 Å². The lowest BCUT2D eigenvalue weighted by molar-refractivity contribution is -0.119. The molecule has 0 radical (unpaired) electrons. The number of nitrogens with zero attached hydrogens (tertiary/aromatic N) is 1. The number of carbonyl (C=O) groups excluding carboxylic acids is 1. The van der Waals surface area contributed by atoms with Crippen molar-refractivity contribution in [2.75, 3.05) is 31.1 Å². The quantitative estimate of drug-likeness (QED) is 0.353. The van der Waals surface area contributed by atoms with E-state index in [1.807, 2.05) is 31.2 Å². The number of amides is 1. The van der Waals surface area contributed by atoms with Gasteiger partial charge in [0.15, 0.2) is 0 Å². The van der Waals surface area contributed by atoms with Crippen LogP contribution in [0, 0.1) is 0 Å². The van der Waals surface area contributed by atoms with Crippen LogP contribution in [0.3, 0.4) is 0 Å². The lowest BCUT2D eigenvalue weighted by Crippen LogP contribution is -2.41. The standard InChI is InChI=1S/C26H29ClN2O5S/c1-3-34-25-9-5-4-7-20(25)8-6-18-28-26(30)19-29(22-12-10-21(27)11-13-22)35(31,32)24-16-14-23(33-2)15-17-24/h4-5,7,9-17H,3,6,8,18-19H2,1-2H3,(H,28,30). The monoisotopic (exact) mass is 516 g/mol. The Morgan fingerprint density at radius 1 is 1.00 bits per heavy atom. The predicted octanol–water partition coefficient (Wildman–Crippen LogP) is 4.69. The second kappa shape index (κ2) is 12.5. The summed E-state index contributed by atoms with van der Waals surface area (Å²) in [6, 6.07) is 20.1. The molecule has 0 fully saturated rings. The van der Waals surface area contributed by atoms with Gasteiger partial charge in [-0.05, 0) is 79.9 Å². The SMILES string of the molecule is CCOc1ccccc1CCCNC(=O)CN(c1ccc(Cl)cc1)S(=O)(=O)c1ccc(OC)cc1. The van der Waals surface area contributed by atoms with Crippen molar-refractivity contribution in [2.24, 2.45) is 0 Å². The maximum Gasteiger partial charge on any atom is 0.264 e. The molecule has 0 bridgehead atoms. The van der Waals surface area contributed by atoms with Gasteiger partial charge in [-0.3, -0.25) is 9.10 Å². The molecule has 0 atom stereocenters. The van der Waals surface area contributed by atoms with Crippen molar-refractivity contribution in [1.29, 1.82) is 0 Å². The molecule has 9 heteroatoms. The van der Waals surface area contributed by atoms with Crippen LogP contribution < -0.4 is 19.1 Å². The van der Waals surface area contributed by atoms with Crippen LogP contribution in [-0.2, 0) is 21.2 Å². The molecular weight excluding hydrogens is 488 g/mol. The first-order valence-electron chi connectivity index (χ1n) is 11.2. The number of carbonyl (C=O) groups is 1. The van der Waals surface area contributed by atoms with E-state index in [1.54, 1.807) is 36.4 Å². The van der Waals surface area contributed by atoms with Crippen LogP contribution in [-0.4, -0.2) is 41.1 Å². The summed E-state index contributed by atoms with van der Waals surface area (Å²) in [6.45, 7) is 2.54. The topological polar surface area (TPSA) is 84.9 Å². The number of halogens is 1. The third kappa shape index (κ3) is 7.13. The van der Waals surface area contributed by atoms with E-state index in [-0.39, 0.29) is 11.4 Å². The summed E-state index contributed by atoms with van der Waals surface area (Å²) in [7, 11) is -2.51. The predicted molar refractivity (Wildman–Crippen MR) is 138 cm³/mol. The molecule has 0 saturated heterocycles. The minimum atomic E-state index is -4.02. The van der Waals surface area contributed by atoms with E-state index in [9.17, 15) is 13.2 Å². The number of hydrogen-bond acceptors (Lipinski definition) is 5. The Morgan fingerprint density at radius 3 is 2.34 bits per heavy atom. The molecule has 0 spiro atoms. The third-order valence-electron chi connectivity index (χ3n) is 5.27. The number of hydrogen-bond donors (Lipinski definition) is 1. The van der Waals surface area contributed by atoms with Crippen LogP contribution in [0.2, 0.25) is 5.02 Å². The van der Waals surface area contributed by atoms with Crippen LogP contribution in [0.4, 0.5) is 5.69 Å². The van der Waals surface area contributed by atoms with Crippen molar-refractivity contribution in [2.45, 2.75) is 24.7 Å². The fourth-order valence-corrected chi connectivity index (χ4v) is 5.04. The van der Waals surface area contributed by atoms with E-state index < -0.39 is 15.9 Å². The first-order chi connectivity index (χ1) is 16.8. The van der Waals surface area contributed by atoms with Gasteiger partial charge >= 0.3 is 0 Å². The maximum atomic E-state index is 13.4. The normalized spacial score (nSPS) is 11.1. The highest BCUT2D eigenvalue weighted by atomic mass is 35.5. The van der Waals surface area contributed by atoms with Gasteiger partial charge in [0.05, 0.1) is 24.3 Å². The van der Waals surface area contributed by atoms with Crippen LogP contribution in [0.5, 0.6) is 11.5 Å². The molecule has 3 aromatic rings. The second-order valence-corrected chi connectivity index (χ2v) is 9.96. The van der Waals surface area contributed by atoms with E-state index in [2.05, 4.69) is 5.32 Å². The molecule has 0 unspecified atom stereocenters. The number of nitrogens with one attached hydrogen (secondary N) is 1. The van der Waals surface area contributed by atoms with Crippen molar-refractivity contribution in [1.82, 2.24) is 5.32 Å². The number of rotatable bonds is 12. The maximum absolute atomic E-state index is 13.4. The number of aryl methyl sites for hydroxylation is 1. The molecule has 0 heterocycles. The Balaban J connectivity index is 1.69. The zero-order valence-corrected chi connectivity index (χ0v) is 21.3. The van der Waals surface area contributed by atoms with Gasteiger partial charge in [-0.25, -0.2) is 8.42 Å². The summed E-state index contributed by atoms with van der Waals surface area (Å²) in [6.07, 6.45) is 1.41. The molecule has 0 aliphatic carbocycles. The van der Waals surface area contributed by atoms with Crippen molar-refractivity contribution in [3.05, 3.63) is 83.4 Å². The lowest BCUT2D eigenvalue weighted by atomic mass is 10.1. The fourth-order valence-electron chi connectivity index (χ4n) is 3.50. The van der Waals surface area contributed by atoms with Gasteiger partial charge in [0.2, 0.25) is 5.91 Å². The van der Waals surface area contributed by atoms with Gasteiger partial charge in [0.25, 0.3) is 10.0 Å². The summed E-state index contributed by atoms with van der Waals surface area (Å²) in [5.41, 5.74) is 1.40. The Bertz CT molecular complexity index is 1220. The molecule has 1 N–H and O–H groups in total. The minimum Gasteiger partial charge on any atom is -0.497 e. The molecule has 35 heavy (non-hydrogen) atoms. The Morgan fingerprint density at radius 2 is 1.69 bits per heavy atom. The van der Waals surface area contributed by atoms with Crippen molar-refractivity contribution in [3.63, 3.8) is 0 Å². The van der Waals surface area contributed by atoms with E-state index in [0.717, 1.165) is 22.0 Å². The summed E-state index contributed by atoms with van der Waals surface area (Å²) >= 11 is 5.98. The van der Waals surface area contributed by atoms with Gasteiger partial charge in [-0.1, -0.05) is 29.8 Å². The number of para-hydroxylation sites is 1. The number of ether oxygens (including phenoxy) is 2. The molecule has 1 amide bonds. The van der Waals surface area contributed by atoms with E-state index >= 15 is 0 Å². The zero-order chi connectivity index (χ0) is 25.3. The van der Waals surface area contributed by atoms with Gasteiger partial charge in [-0.2, -0.15) is 0 Å². The average molecular weight is 517 g/mol. The van der Waals surface area contributed by atoms with Gasteiger partial charge in [0.1, 0.15) is 18.0 Å². The summed E-state index contributed by atoms with van der Waals surface area (Å²) in [5.74, 6) is 0.960. The first-order valence-corrected chi connectivity index (χ1v) is 13.1. The lowest BCUT2D eigenvalue weighted by Gasteiger charge is -2.24. The van der Waals surface area contributed by atoms with Gasteiger partial charge in [-0.15, -0.1) is 0 Å².